The molecule has 5 heteroatoms. The summed E-state index contributed by atoms with van der Waals surface area (Å²) >= 11 is 3.50. The number of carbonyl (C=O) groups is 1. The van der Waals surface area contributed by atoms with E-state index in [1.807, 2.05) is 32.9 Å². The van der Waals surface area contributed by atoms with Crippen molar-refractivity contribution in [3.05, 3.63) is 46.6 Å². The largest absolute Gasteiger partial charge is 0.444 e. The Morgan fingerprint density at radius 3 is 2.75 bits per heavy atom. The number of aromatic amines is 1. The Morgan fingerprint density at radius 2 is 2.12 bits per heavy atom. The first-order valence-corrected chi connectivity index (χ1v) is 8.84. The van der Waals surface area contributed by atoms with E-state index in [-0.39, 0.29) is 6.09 Å². The summed E-state index contributed by atoms with van der Waals surface area (Å²) in [5.41, 5.74) is 2.99. The third-order valence-corrected chi connectivity index (χ3v) is 4.20. The Hall–Kier alpha value is -1.75. The molecule has 1 amide bonds. The number of ether oxygens (including phenoxy) is 1. The van der Waals surface area contributed by atoms with Gasteiger partial charge in [0.25, 0.3) is 0 Å². The normalized spacial score (nSPS) is 11.5. The van der Waals surface area contributed by atoms with Crippen molar-refractivity contribution in [1.82, 2.24) is 9.88 Å². The molecule has 2 aromatic rings. The van der Waals surface area contributed by atoms with E-state index in [0.717, 1.165) is 28.5 Å². The highest BCUT2D eigenvalue weighted by molar-refractivity contribution is 9.10. The van der Waals surface area contributed by atoms with Crippen LogP contribution in [0.2, 0.25) is 0 Å². The fourth-order valence-electron chi connectivity index (χ4n) is 2.60. The lowest BCUT2D eigenvalue weighted by atomic mass is 10.1. The van der Waals surface area contributed by atoms with Gasteiger partial charge in [-0.1, -0.05) is 28.1 Å². The summed E-state index contributed by atoms with van der Waals surface area (Å²) in [4.78, 5) is 17.2. The molecule has 0 saturated carbocycles. The fraction of sp³-hybridized carbons (Fsp3) is 0.421. The van der Waals surface area contributed by atoms with E-state index in [4.69, 9.17) is 4.74 Å². The number of nitrogens with zero attached hydrogens (tertiary/aromatic N) is 1. The third kappa shape index (κ3) is 4.63. The molecule has 1 aromatic heterocycles. The van der Waals surface area contributed by atoms with E-state index < -0.39 is 5.60 Å². The predicted octanol–water partition coefficient (Wildman–Crippen LogP) is 5.07. The van der Waals surface area contributed by atoms with Gasteiger partial charge in [-0.15, -0.1) is 6.58 Å². The van der Waals surface area contributed by atoms with Crippen LogP contribution in [-0.2, 0) is 17.6 Å². The van der Waals surface area contributed by atoms with Gasteiger partial charge >= 0.3 is 6.09 Å². The summed E-state index contributed by atoms with van der Waals surface area (Å²) in [5.74, 6) is 0. The van der Waals surface area contributed by atoms with E-state index in [9.17, 15) is 4.79 Å². The number of aromatic nitrogens is 1. The molecule has 0 fully saturated rings. The van der Waals surface area contributed by atoms with Gasteiger partial charge in [0.05, 0.1) is 0 Å². The minimum absolute atomic E-state index is 0.296. The molecule has 0 saturated heterocycles. The lowest BCUT2D eigenvalue weighted by molar-refractivity contribution is 0.0301. The van der Waals surface area contributed by atoms with Crippen LogP contribution in [0.25, 0.3) is 10.9 Å². The number of H-pyrrole nitrogens is 1. The van der Waals surface area contributed by atoms with E-state index >= 15 is 0 Å². The summed E-state index contributed by atoms with van der Waals surface area (Å²) < 4.78 is 6.45. The Kier molecular flexibility index (Phi) is 5.75. The molecule has 0 unspecified atom stereocenters. The van der Waals surface area contributed by atoms with Crippen LogP contribution in [-0.4, -0.2) is 35.2 Å². The molecule has 24 heavy (non-hydrogen) atoms. The number of hydrogen-bond donors (Lipinski definition) is 1. The summed E-state index contributed by atoms with van der Waals surface area (Å²) in [7, 11) is 1.77. The van der Waals surface area contributed by atoms with E-state index in [2.05, 4.69) is 39.6 Å². The molecule has 4 nitrogen and oxygen atoms in total. The first-order chi connectivity index (χ1) is 11.2. The number of nitrogens with one attached hydrogen (secondary N) is 1. The Morgan fingerprint density at radius 1 is 1.42 bits per heavy atom. The van der Waals surface area contributed by atoms with Crippen molar-refractivity contribution < 1.29 is 9.53 Å². The molecular formula is C19H25BrN2O2. The van der Waals surface area contributed by atoms with Gasteiger partial charge in [-0.3, -0.25) is 0 Å². The van der Waals surface area contributed by atoms with Crippen LogP contribution in [0.15, 0.2) is 35.3 Å². The highest BCUT2D eigenvalue weighted by Gasteiger charge is 2.20. The van der Waals surface area contributed by atoms with Crippen molar-refractivity contribution in [2.24, 2.45) is 0 Å². The van der Waals surface area contributed by atoms with Crippen LogP contribution in [0.3, 0.4) is 0 Å². The van der Waals surface area contributed by atoms with Crippen molar-refractivity contribution in [3.63, 3.8) is 0 Å². The number of hydrogen-bond acceptors (Lipinski definition) is 2. The highest BCUT2D eigenvalue weighted by atomic mass is 79.9. The monoisotopic (exact) mass is 392 g/mol. The van der Waals surface area contributed by atoms with Gasteiger partial charge in [0.1, 0.15) is 5.60 Å². The Bertz CT molecular complexity index is 744. The fourth-order valence-corrected chi connectivity index (χ4v) is 2.96. The Balaban J connectivity index is 2.18. The van der Waals surface area contributed by atoms with Crippen molar-refractivity contribution in [1.29, 1.82) is 0 Å². The SMILES string of the molecule is C=CCc1[nH]c2cc(Br)ccc2c1CCN(C)C(=O)OC(C)(C)C. The van der Waals surface area contributed by atoms with Crippen LogP contribution >= 0.6 is 15.9 Å². The van der Waals surface area contributed by atoms with Gasteiger partial charge in [-0.05, 0) is 44.9 Å². The highest BCUT2D eigenvalue weighted by Crippen LogP contribution is 2.27. The van der Waals surface area contributed by atoms with E-state index in [0.29, 0.717) is 6.54 Å². The van der Waals surface area contributed by atoms with Crippen LogP contribution in [0.1, 0.15) is 32.0 Å². The second-order valence-electron chi connectivity index (χ2n) is 6.92. The van der Waals surface area contributed by atoms with Crippen molar-refractivity contribution in [2.45, 2.75) is 39.2 Å². The zero-order chi connectivity index (χ0) is 17.9. The number of likely N-dealkylation sites (N-methyl/N-ethyl adjacent to an activating group) is 1. The zero-order valence-corrected chi connectivity index (χ0v) is 16.4. The minimum atomic E-state index is -0.480. The van der Waals surface area contributed by atoms with E-state index in [1.165, 1.54) is 10.9 Å². The van der Waals surface area contributed by atoms with Crippen molar-refractivity contribution in [3.8, 4) is 0 Å². The molecule has 0 atom stereocenters. The Labute approximate surface area is 152 Å². The van der Waals surface area contributed by atoms with Crippen LogP contribution in [0.4, 0.5) is 4.79 Å². The first kappa shape index (κ1) is 18.6. The topological polar surface area (TPSA) is 45.3 Å². The molecule has 0 aliphatic rings. The maximum absolute atomic E-state index is 12.1. The second kappa shape index (κ2) is 7.43. The smallest absolute Gasteiger partial charge is 0.410 e. The average Bonchev–Trinajstić information content (AvgIpc) is 2.79. The standard InChI is InChI=1S/C19H25BrN2O2/c1-6-7-16-15(14-9-8-13(20)12-17(14)21-16)10-11-22(5)18(23)24-19(2,3)4/h6,8-9,12,21H,1,7,10-11H2,2-5H3. The quantitative estimate of drug-likeness (QED) is 0.721. The summed E-state index contributed by atoms with van der Waals surface area (Å²) in [5, 5.41) is 1.19. The number of amides is 1. The molecule has 1 aromatic carbocycles. The second-order valence-corrected chi connectivity index (χ2v) is 7.83. The molecule has 1 N–H and O–H groups in total. The van der Waals surface area contributed by atoms with Crippen LogP contribution in [0.5, 0.6) is 0 Å². The van der Waals surface area contributed by atoms with Crippen molar-refractivity contribution >= 4 is 32.9 Å². The minimum Gasteiger partial charge on any atom is -0.444 e. The molecule has 0 spiro atoms. The van der Waals surface area contributed by atoms with Crippen LogP contribution in [0, 0.1) is 0 Å². The van der Waals surface area contributed by atoms with Gasteiger partial charge in [-0.2, -0.15) is 0 Å². The number of halogens is 1. The summed E-state index contributed by atoms with van der Waals surface area (Å²) in [6.07, 6.45) is 3.13. The lowest BCUT2D eigenvalue weighted by Crippen LogP contribution is -2.35. The summed E-state index contributed by atoms with van der Waals surface area (Å²) in [6, 6.07) is 6.21. The molecule has 1 heterocycles. The molecule has 130 valence electrons. The first-order valence-electron chi connectivity index (χ1n) is 8.05. The van der Waals surface area contributed by atoms with E-state index in [1.54, 1.807) is 11.9 Å². The van der Waals surface area contributed by atoms with Gasteiger partial charge < -0.3 is 14.6 Å². The van der Waals surface area contributed by atoms with Gasteiger partial charge in [-0.25, -0.2) is 4.79 Å². The molecule has 2 rings (SSSR count). The molecule has 0 aliphatic carbocycles. The third-order valence-electron chi connectivity index (χ3n) is 3.71. The maximum atomic E-state index is 12.1. The van der Waals surface area contributed by atoms with Crippen molar-refractivity contribution in [2.75, 3.05) is 13.6 Å². The maximum Gasteiger partial charge on any atom is 0.410 e. The predicted molar refractivity (Wildman–Crippen MR) is 102 cm³/mol. The molecular weight excluding hydrogens is 368 g/mol. The molecule has 0 radical (unpaired) electrons. The number of allylic oxidation sites excluding steroid dienone is 1. The van der Waals surface area contributed by atoms with Crippen LogP contribution < -0.4 is 0 Å². The van der Waals surface area contributed by atoms with Gasteiger partial charge in [0, 0.05) is 41.1 Å². The number of fused-ring (bicyclic) bond motifs is 1. The number of rotatable bonds is 5. The molecule has 0 aliphatic heterocycles. The summed E-state index contributed by atoms with van der Waals surface area (Å²) in [6.45, 7) is 10.1. The molecule has 0 bridgehead atoms. The lowest BCUT2D eigenvalue weighted by Gasteiger charge is -2.24. The average molecular weight is 393 g/mol. The van der Waals surface area contributed by atoms with Gasteiger partial charge in [0.2, 0.25) is 0 Å². The number of carbonyl (C=O) groups excluding carboxylic acids is 1. The zero-order valence-electron chi connectivity index (χ0n) is 14.8. The number of benzene rings is 1. The van der Waals surface area contributed by atoms with Gasteiger partial charge in [0.15, 0.2) is 0 Å².